The molecule has 2 rings (SSSR count). The summed E-state index contributed by atoms with van der Waals surface area (Å²) in [4.78, 5) is 0. The number of benzene rings is 2. The highest BCUT2D eigenvalue weighted by atomic mass is 79.9. The summed E-state index contributed by atoms with van der Waals surface area (Å²) in [5.74, 6) is 0.744. The van der Waals surface area contributed by atoms with Crippen LogP contribution in [0.5, 0.6) is 5.75 Å². The molecule has 0 aliphatic heterocycles. The van der Waals surface area contributed by atoms with Gasteiger partial charge in [-0.3, -0.25) is 0 Å². The van der Waals surface area contributed by atoms with Crippen LogP contribution in [0.15, 0.2) is 46.9 Å². The number of ether oxygens (including phenoxy) is 1. The zero-order valence-corrected chi connectivity index (χ0v) is 11.7. The van der Waals surface area contributed by atoms with E-state index in [2.05, 4.69) is 21.2 Å². The Balaban J connectivity index is 2.18. The van der Waals surface area contributed by atoms with E-state index in [1.165, 1.54) is 0 Å². The van der Waals surface area contributed by atoms with Gasteiger partial charge in [0.15, 0.2) is 0 Å². The number of nitrogens with two attached hydrogens (primary N) is 1. The summed E-state index contributed by atoms with van der Waals surface area (Å²) in [7, 11) is 1.83. The zero-order chi connectivity index (χ0) is 13.0. The quantitative estimate of drug-likeness (QED) is 0.848. The fourth-order valence-electron chi connectivity index (χ4n) is 1.72. The second-order valence-electron chi connectivity index (χ2n) is 3.89. The minimum atomic E-state index is 0.519. The summed E-state index contributed by atoms with van der Waals surface area (Å²) in [5, 5.41) is 3.06. The maximum absolute atomic E-state index is 5.93. The molecule has 0 bridgehead atoms. The maximum Gasteiger partial charge on any atom is 0.146 e. The van der Waals surface area contributed by atoms with Gasteiger partial charge in [-0.05, 0) is 17.7 Å². The normalized spacial score (nSPS) is 10.1. The van der Waals surface area contributed by atoms with Gasteiger partial charge >= 0.3 is 0 Å². The number of rotatable bonds is 4. The molecule has 0 aliphatic rings. The Kier molecular flexibility index (Phi) is 4.10. The Morgan fingerprint density at radius 3 is 2.61 bits per heavy atom. The zero-order valence-electron chi connectivity index (χ0n) is 10.1. The van der Waals surface area contributed by atoms with Gasteiger partial charge in [-0.2, -0.15) is 0 Å². The summed E-state index contributed by atoms with van der Waals surface area (Å²) >= 11 is 3.41. The van der Waals surface area contributed by atoms with Crippen LogP contribution in [0.25, 0.3) is 0 Å². The number of anilines is 2. The molecule has 0 heterocycles. The molecule has 0 aliphatic carbocycles. The largest absolute Gasteiger partial charge is 0.487 e. The van der Waals surface area contributed by atoms with Crippen molar-refractivity contribution in [3.63, 3.8) is 0 Å². The van der Waals surface area contributed by atoms with Gasteiger partial charge in [0.25, 0.3) is 0 Å². The summed E-state index contributed by atoms with van der Waals surface area (Å²) in [6.07, 6.45) is 0. The van der Waals surface area contributed by atoms with Crippen LogP contribution < -0.4 is 15.8 Å². The van der Waals surface area contributed by atoms with E-state index in [0.717, 1.165) is 21.5 Å². The van der Waals surface area contributed by atoms with Crippen molar-refractivity contribution in [1.29, 1.82) is 0 Å². The monoisotopic (exact) mass is 306 g/mol. The average Bonchev–Trinajstić information content (AvgIpc) is 2.37. The summed E-state index contributed by atoms with van der Waals surface area (Å²) in [6, 6.07) is 13.8. The Morgan fingerprint density at radius 1 is 1.22 bits per heavy atom. The molecule has 0 atom stereocenters. The third kappa shape index (κ3) is 2.96. The fourth-order valence-corrected chi connectivity index (χ4v) is 2.17. The van der Waals surface area contributed by atoms with Crippen LogP contribution in [0.1, 0.15) is 5.56 Å². The number of hydrogen-bond donors (Lipinski definition) is 2. The third-order valence-electron chi connectivity index (χ3n) is 2.58. The first-order valence-electron chi connectivity index (χ1n) is 5.64. The smallest absolute Gasteiger partial charge is 0.146 e. The second kappa shape index (κ2) is 5.78. The van der Waals surface area contributed by atoms with E-state index in [1.54, 1.807) is 0 Å². The fraction of sp³-hybridized carbons (Fsp3) is 0.143. The van der Waals surface area contributed by atoms with Crippen LogP contribution in [0.2, 0.25) is 0 Å². The van der Waals surface area contributed by atoms with Gasteiger partial charge in [0.05, 0.1) is 11.4 Å². The first-order chi connectivity index (χ1) is 8.70. The van der Waals surface area contributed by atoms with Crippen LogP contribution in [0, 0.1) is 0 Å². The Hall–Kier alpha value is -1.68. The molecular formula is C14H15BrN2O. The van der Waals surface area contributed by atoms with Crippen molar-refractivity contribution in [3.05, 3.63) is 52.5 Å². The molecule has 0 spiro atoms. The lowest BCUT2D eigenvalue weighted by atomic mass is 10.2. The number of nitrogens with one attached hydrogen (secondary N) is 1. The lowest BCUT2D eigenvalue weighted by Crippen LogP contribution is -2.02. The highest BCUT2D eigenvalue weighted by Gasteiger charge is 2.08. The van der Waals surface area contributed by atoms with E-state index in [9.17, 15) is 0 Å². The van der Waals surface area contributed by atoms with Gasteiger partial charge in [0.1, 0.15) is 12.4 Å². The highest BCUT2D eigenvalue weighted by molar-refractivity contribution is 9.10. The average molecular weight is 307 g/mol. The lowest BCUT2D eigenvalue weighted by Gasteiger charge is -2.14. The molecule has 4 heteroatoms. The minimum absolute atomic E-state index is 0.519. The molecule has 0 saturated heterocycles. The molecular weight excluding hydrogens is 292 g/mol. The molecule has 0 saturated carbocycles. The number of halogens is 1. The topological polar surface area (TPSA) is 47.3 Å². The second-order valence-corrected chi connectivity index (χ2v) is 4.81. The van der Waals surface area contributed by atoms with E-state index in [0.29, 0.717) is 12.3 Å². The predicted octanol–water partition coefficient (Wildman–Crippen LogP) is 3.65. The van der Waals surface area contributed by atoms with Crippen LogP contribution in [0.3, 0.4) is 0 Å². The molecule has 2 aromatic rings. The molecule has 2 aromatic carbocycles. The molecule has 0 radical (unpaired) electrons. The maximum atomic E-state index is 5.93. The van der Waals surface area contributed by atoms with Crippen molar-refractivity contribution in [3.8, 4) is 5.75 Å². The molecule has 18 heavy (non-hydrogen) atoms. The standard InChI is InChI=1S/C14H15BrN2O/c1-17-14-12(16)7-11(15)8-13(14)18-9-10-5-3-2-4-6-10/h2-8,17H,9,16H2,1H3. The molecule has 0 aromatic heterocycles. The van der Waals surface area contributed by atoms with Crippen LogP contribution in [-0.4, -0.2) is 7.05 Å². The summed E-state index contributed by atoms with van der Waals surface area (Å²) in [6.45, 7) is 0.519. The molecule has 3 N–H and O–H groups in total. The van der Waals surface area contributed by atoms with E-state index in [-0.39, 0.29) is 0 Å². The summed E-state index contributed by atoms with van der Waals surface area (Å²) in [5.41, 5.74) is 8.53. The van der Waals surface area contributed by atoms with Crippen molar-refractivity contribution in [2.24, 2.45) is 0 Å². The third-order valence-corrected chi connectivity index (χ3v) is 3.04. The molecule has 0 fully saturated rings. The minimum Gasteiger partial charge on any atom is -0.487 e. The van der Waals surface area contributed by atoms with Crippen LogP contribution in [-0.2, 0) is 6.61 Å². The van der Waals surface area contributed by atoms with Gasteiger partial charge in [0.2, 0.25) is 0 Å². The van der Waals surface area contributed by atoms with Gasteiger partial charge < -0.3 is 15.8 Å². The highest BCUT2D eigenvalue weighted by Crippen LogP contribution is 2.34. The number of hydrogen-bond acceptors (Lipinski definition) is 3. The Bertz CT molecular complexity index is 529. The van der Waals surface area contributed by atoms with Gasteiger partial charge in [-0.1, -0.05) is 46.3 Å². The lowest BCUT2D eigenvalue weighted by molar-refractivity contribution is 0.308. The Morgan fingerprint density at radius 2 is 1.94 bits per heavy atom. The van der Waals surface area contributed by atoms with Gasteiger partial charge in [-0.15, -0.1) is 0 Å². The first kappa shape index (κ1) is 12.8. The predicted molar refractivity (Wildman–Crippen MR) is 78.9 cm³/mol. The van der Waals surface area contributed by atoms with Crippen LogP contribution >= 0.6 is 15.9 Å². The van der Waals surface area contributed by atoms with E-state index < -0.39 is 0 Å². The van der Waals surface area contributed by atoms with Crippen LogP contribution in [0.4, 0.5) is 11.4 Å². The molecule has 0 amide bonds. The van der Waals surface area contributed by atoms with Gasteiger partial charge in [0, 0.05) is 11.5 Å². The van der Waals surface area contributed by atoms with Crippen molar-refractivity contribution in [1.82, 2.24) is 0 Å². The SMILES string of the molecule is CNc1c(N)cc(Br)cc1OCc1ccccc1. The van der Waals surface area contributed by atoms with E-state index in [4.69, 9.17) is 10.5 Å². The number of nitrogen functional groups attached to an aromatic ring is 1. The molecule has 0 unspecified atom stereocenters. The van der Waals surface area contributed by atoms with E-state index >= 15 is 0 Å². The van der Waals surface area contributed by atoms with Crippen molar-refractivity contribution in [2.45, 2.75) is 6.61 Å². The van der Waals surface area contributed by atoms with E-state index in [1.807, 2.05) is 49.5 Å². The van der Waals surface area contributed by atoms with Crippen molar-refractivity contribution in [2.75, 3.05) is 18.1 Å². The molecule has 94 valence electrons. The molecule has 3 nitrogen and oxygen atoms in total. The van der Waals surface area contributed by atoms with Crippen molar-refractivity contribution >= 4 is 27.3 Å². The summed E-state index contributed by atoms with van der Waals surface area (Å²) < 4.78 is 6.71. The Labute approximate surface area is 115 Å². The van der Waals surface area contributed by atoms with Gasteiger partial charge in [-0.25, -0.2) is 0 Å². The van der Waals surface area contributed by atoms with Crippen molar-refractivity contribution < 1.29 is 4.74 Å². The first-order valence-corrected chi connectivity index (χ1v) is 6.43.